The fourth-order valence-electron chi connectivity index (χ4n) is 0.831. The Bertz CT molecular complexity index is 64.3. The third-order valence-electron chi connectivity index (χ3n) is 1.43. The number of unbranched alkanes of at least 4 members (excludes halogenated alkanes) is 5. The zero-order valence-corrected chi connectivity index (χ0v) is 8.82. The van der Waals surface area contributed by atoms with Gasteiger partial charge in [0.1, 0.15) is 6.29 Å². The molecule has 0 fully saturated rings. The maximum atomic E-state index is 9.84. The van der Waals surface area contributed by atoms with Crippen LogP contribution in [0.5, 0.6) is 0 Å². The van der Waals surface area contributed by atoms with Gasteiger partial charge in [-0.05, 0) is 6.42 Å². The quantitative estimate of drug-likeness (QED) is 0.542. The van der Waals surface area contributed by atoms with E-state index in [4.69, 9.17) is 0 Å². The second kappa shape index (κ2) is 12.1. The molecular formula is C8H16OPt. The van der Waals surface area contributed by atoms with Crippen molar-refractivity contribution in [2.24, 2.45) is 0 Å². The molecule has 2 heteroatoms. The van der Waals surface area contributed by atoms with E-state index in [2.05, 4.69) is 6.92 Å². The van der Waals surface area contributed by atoms with Crippen LogP contribution >= 0.6 is 0 Å². The molecule has 10 heavy (non-hydrogen) atoms. The number of hydrogen-bond donors (Lipinski definition) is 0. The molecule has 0 N–H and O–H groups in total. The summed E-state index contributed by atoms with van der Waals surface area (Å²) in [6, 6.07) is 0. The summed E-state index contributed by atoms with van der Waals surface area (Å²) in [7, 11) is 0. The Morgan fingerprint density at radius 2 is 1.70 bits per heavy atom. The van der Waals surface area contributed by atoms with E-state index in [1.165, 1.54) is 25.7 Å². The molecule has 0 aromatic carbocycles. The number of carbonyl (C=O) groups excluding carboxylic acids is 1. The summed E-state index contributed by atoms with van der Waals surface area (Å²) in [6.45, 7) is 2.19. The van der Waals surface area contributed by atoms with Gasteiger partial charge in [0, 0.05) is 27.5 Å². The molecule has 0 unspecified atom stereocenters. The van der Waals surface area contributed by atoms with Crippen LogP contribution in [-0.4, -0.2) is 6.29 Å². The van der Waals surface area contributed by atoms with Crippen molar-refractivity contribution >= 4 is 6.29 Å². The predicted octanol–water partition coefficient (Wildman–Crippen LogP) is 2.54. The fraction of sp³-hybridized carbons (Fsp3) is 0.875. The van der Waals surface area contributed by atoms with Crippen LogP contribution in [0.4, 0.5) is 0 Å². The first kappa shape index (κ1) is 13.0. The van der Waals surface area contributed by atoms with E-state index < -0.39 is 0 Å². The first-order chi connectivity index (χ1) is 4.41. The molecule has 0 saturated carbocycles. The molecule has 0 amide bonds. The summed E-state index contributed by atoms with van der Waals surface area (Å²) in [5, 5.41) is 0. The standard InChI is InChI=1S/C8H16O.Pt/c1-2-3-4-5-6-7-8-9;/h8H,2-7H2,1H3;. The Hall–Kier alpha value is 0.358. The molecule has 64 valence electrons. The van der Waals surface area contributed by atoms with Crippen LogP contribution < -0.4 is 0 Å². The van der Waals surface area contributed by atoms with Crippen molar-refractivity contribution < 1.29 is 25.9 Å². The molecule has 0 aliphatic rings. The van der Waals surface area contributed by atoms with Gasteiger partial charge in [0.15, 0.2) is 0 Å². The topological polar surface area (TPSA) is 17.1 Å². The van der Waals surface area contributed by atoms with E-state index in [-0.39, 0.29) is 21.1 Å². The summed E-state index contributed by atoms with van der Waals surface area (Å²) >= 11 is 0. The molecule has 0 bridgehead atoms. The molecule has 0 aliphatic carbocycles. The van der Waals surface area contributed by atoms with Crippen LogP contribution in [-0.2, 0) is 25.9 Å². The molecule has 0 atom stereocenters. The third kappa shape index (κ3) is 11.2. The number of hydrogen-bond acceptors (Lipinski definition) is 1. The summed E-state index contributed by atoms with van der Waals surface area (Å²) < 4.78 is 0. The molecule has 0 saturated heterocycles. The Kier molecular flexibility index (Phi) is 15.7. The van der Waals surface area contributed by atoms with Gasteiger partial charge in [-0.2, -0.15) is 0 Å². The average molecular weight is 323 g/mol. The van der Waals surface area contributed by atoms with Crippen LogP contribution in [0.15, 0.2) is 0 Å². The Balaban J connectivity index is 0. The van der Waals surface area contributed by atoms with Crippen LogP contribution in [0.1, 0.15) is 45.4 Å². The van der Waals surface area contributed by atoms with Crippen LogP contribution in [0.25, 0.3) is 0 Å². The Morgan fingerprint density at radius 1 is 1.10 bits per heavy atom. The van der Waals surface area contributed by atoms with E-state index in [9.17, 15) is 4.79 Å². The summed E-state index contributed by atoms with van der Waals surface area (Å²) in [5.74, 6) is 0. The van der Waals surface area contributed by atoms with Crippen molar-refractivity contribution in [3.63, 3.8) is 0 Å². The SMILES string of the molecule is CCCCCCCC=O.[Pt]. The first-order valence-electron chi connectivity index (χ1n) is 3.85. The molecule has 0 aromatic rings. The monoisotopic (exact) mass is 323 g/mol. The van der Waals surface area contributed by atoms with Gasteiger partial charge in [0.05, 0.1) is 0 Å². The van der Waals surface area contributed by atoms with Gasteiger partial charge in [-0.15, -0.1) is 0 Å². The van der Waals surface area contributed by atoms with Gasteiger partial charge in [-0.25, -0.2) is 0 Å². The van der Waals surface area contributed by atoms with Crippen LogP contribution in [0.3, 0.4) is 0 Å². The molecule has 1 nitrogen and oxygen atoms in total. The van der Waals surface area contributed by atoms with Crippen molar-refractivity contribution in [3.05, 3.63) is 0 Å². The smallest absolute Gasteiger partial charge is 0.119 e. The molecule has 0 heterocycles. The maximum absolute atomic E-state index is 9.84. The largest absolute Gasteiger partial charge is 0.303 e. The zero-order chi connectivity index (χ0) is 6.95. The molecule has 0 aliphatic heterocycles. The summed E-state index contributed by atoms with van der Waals surface area (Å²) in [4.78, 5) is 9.84. The predicted molar refractivity (Wildman–Crippen MR) is 39.4 cm³/mol. The van der Waals surface area contributed by atoms with E-state index in [1.54, 1.807) is 0 Å². The van der Waals surface area contributed by atoms with Gasteiger partial charge in [-0.3, -0.25) is 0 Å². The second-order valence-corrected chi connectivity index (χ2v) is 2.37. The van der Waals surface area contributed by atoms with E-state index in [0.717, 1.165) is 19.1 Å². The number of rotatable bonds is 6. The Labute approximate surface area is 77.8 Å². The zero-order valence-electron chi connectivity index (χ0n) is 6.54. The van der Waals surface area contributed by atoms with Gasteiger partial charge in [0.25, 0.3) is 0 Å². The summed E-state index contributed by atoms with van der Waals surface area (Å²) in [5.41, 5.74) is 0. The average Bonchev–Trinajstić information content (AvgIpc) is 1.89. The van der Waals surface area contributed by atoms with Gasteiger partial charge in [0.2, 0.25) is 0 Å². The number of aldehydes is 1. The minimum atomic E-state index is 0. The van der Waals surface area contributed by atoms with Crippen molar-refractivity contribution in [2.75, 3.05) is 0 Å². The molecule has 0 rings (SSSR count). The van der Waals surface area contributed by atoms with Gasteiger partial charge in [-0.1, -0.05) is 32.6 Å². The van der Waals surface area contributed by atoms with Crippen molar-refractivity contribution in [2.45, 2.75) is 45.4 Å². The molecule has 0 radical (unpaired) electrons. The Morgan fingerprint density at radius 3 is 2.20 bits per heavy atom. The normalized spacial score (nSPS) is 8.50. The van der Waals surface area contributed by atoms with E-state index in [0.29, 0.717) is 0 Å². The van der Waals surface area contributed by atoms with Crippen LogP contribution in [0.2, 0.25) is 0 Å². The van der Waals surface area contributed by atoms with Gasteiger partial charge < -0.3 is 4.79 Å². The fourth-order valence-corrected chi connectivity index (χ4v) is 0.831. The van der Waals surface area contributed by atoms with Crippen molar-refractivity contribution in [1.82, 2.24) is 0 Å². The van der Waals surface area contributed by atoms with Crippen molar-refractivity contribution in [3.8, 4) is 0 Å². The third-order valence-corrected chi connectivity index (χ3v) is 1.43. The molecule has 0 aromatic heterocycles. The minimum Gasteiger partial charge on any atom is -0.303 e. The second-order valence-electron chi connectivity index (χ2n) is 2.37. The van der Waals surface area contributed by atoms with E-state index >= 15 is 0 Å². The van der Waals surface area contributed by atoms with Gasteiger partial charge >= 0.3 is 0 Å². The first-order valence-corrected chi connectivity index (χ1v) is 3.85. The van der Waals surface area contributed by atoms with E-state index in [1.807, 2.05) is 0 Å². The molecule has 0 spiro atoms. The maximum Gasteiger partial charge on any atom is 0.119 e. The minimum absolute atomic E-state index is 0. The molecular weight excluding hydrogens is 307 g/mol. The van der Waals surface area contributed by atoms with Crippen molar-refractivity contribution in [1.29, 1.82) is 0 Å². The van der Waals surface area contributed by atoms with Crippen LogP contribution in [0, 0.1) is 0 Å². The summed E-state index contributed by atoms with van der Waals surface area (Å²) in [6.07, 6.45) is 7.97. The number of carbonyl (C=O) groups is 1.